The first kappa shape index (κ1) is 14.9. The van der Waals surface area contributed by atoms with E-state index in [2.05, 4.69) is 11.8 Å². The van der Waals surface area contributed by atoms with Gasteiger partial charge in [-0.25, -0.2) is 0 Å². The second-order valence-corrected chi connectivity index (χ2v) is 4.81. The smallest absolute Gasteiger partial charge is 0.257 e. The molecule has 1 amide bonds. The molecule has 0 saturated carbocycles. The highest BCUT2D eigenvalue weighted by Gasteiger charge is 2.14. The van der Waals surface area contributed by atoms with Crippen molar-refractivity contribution in [3.8, 4) is 11.8 Å². The van der Waals surface area contributed by atoms with Gasteiger partial charge in [-0.15, -0.1) is 0 Å². The molecule has 0 saturated heterocycles. The monoisotopic (exact) mass is 282 g/mol. The lowest BCUT2D eigenvalue weighted by atomic mass is 10.1. The average Bonchev–Trinajstić information content (AvgIpc) is 2.91. The maximum Gasteiger partial charge on any atom is 0.257 e. The number of nitrogens with two attached hydrogens (primary N) is 1. The minimum Gasteiger partial charge on any atom is -0.469 e. The van der Waals surface area contributed by atoms with Crippen molar-refractivity contribution in [2.24, 2.45) is 5.73 Å². The molecule has 1 aromatic heterocycles. The molecule has 1 aromatic carbocycles. The zero-order chi connectivity index (χ0) is 15.2. The quantitative estimate of drug-likeness (QED) is 0.878. The zero-order valence-corrected chi connectivity index (χ0v) is 12.2. The molecule has 0 atom stereocenters. The summed E-state index contributed by atoms with van der Waals surface area (Å²) >= 11 is 0. The van der Waals surface area contributed by atoms with Crippen LogP contribution in [0.2, 0.25) is 0 Å². The summed E-state index contributed by atoms with van der Waals surface area (Å²) in [4.78, 5) is 13.9. The van der Waals surface area contributed by atoms with Gasteiger partial charge in [0.1, 0.15) is 12.0 Å². The molecule has 0 aliphatic heterocycles. The van der Waals surface area contributed by atoms with Crippen molar-refractivity contribution in [3.63, 3.8) is 0 Å². The number of nitrogens with zero attached hydrogens (tertiary/aromatic N) is 1. The summed E-state index contributed by atoms with van der Waals surface area (Å²) in [6.45, 7) is 2.67. The van der Waals surface area contributed by atoms with Crippen LogP contribution >= 0.6 is 0 Å². The van der Waals surface area contributed by atoms with Crippen LogP contribution in [0.5, 0.6) is 0 Å². The lowest BCUT2D eigenvalue weighted by molar-refractivity contribution is 0.0784. The van der Waals surface area contributed by atoms with Crippen LogP contribution in [0, 0.1) is 18.8 Å². The molecule has 0 spiro atoms. The molecule has 4 heteroatoms. The minimum atomic E-state index is -0.0645. The van der Waals surface area contributed by atoms with E-state index in [9.17, 15) is 4.79 Å². The molecule has 4 nitrogen and oxygen atoms in total. The number of hydrogen-bond acceptors (Lipinski definition) is 3. The highest BCUT2D eigenvalue weighted by molar-refractivity contribution is 5.93. The van der Waals surface area contributed by atoms with Gasteiger partial charge in [-0.1, -0.05) is 24.0 Å². The molecule has 0 unspecified atom stereocenters. The number of benzene rings is 1. The third kappa shape index (κ3) is 3.98. The van der Waals surface area contributed by atoms with Crippen molar-refractivity contribution in [2.75, 3.05) is 13.6 Å². The van der Waals surface area contributed by atoms with Gasteiger partial charge in [-0.05, 0) is 30.7 Å². The molecular formula is C17H18N2O2. The van der Waals surface area contributed by atoms with E-state index in [1.165, 1.54) is 6.26 Å². The standard InChI is InChI=1S/C17H18N2O2/c1-13-9-16(12-21-13)17(20)19(2)11-15-6-3-5-14(10-15)7-4-8-18/h3,5-6,9-10,12H,8,11,18H2,1-2H3. The van der Waals surface area contributed by atoms with Gasteiger partial charge in [0.15, 0.2) is 0 Å². The highest BCUT2D eigenvalue weighted by atomic mass is 16.3. The number of rotatable bonds is 3. The molecule has 2 N–H and O–H groups in total. The number of carbonyl (C=O) groups excluding carboxylic acids is 1. The Morgan fingerprint density at radius 3 is 2.86 bits per heavy atom. The summed E-state index contributed by atoms with van der Waals surface area (Å²) in [6.07, 6.45) is 1.48. The first-order valence-corrected chi connectivity index (χ1v) is 6.68. The van der Waals surface area contributed by atoms with Crippen molar-refractivity contribution in [3.05, 3.63) is 59.0 Å². The minimum absolute atomic E-state index is 0.0645. The van der Waals surface area contributed by atoms with Crippen molar-refractivity contribution in [1.82, 2.24) is 4.90 Å². The lowest BCUT2D eigenvalue weighted by Gasteiger charge is -2.16. The largest absolute Gasteiger partial charge is 0.469 e. The SMILES string of the molecule is Cc1cc(C(=O)N(C)Cc2cccc(C#CCN)c2)co1. The molecule has 2 aromatic rings. The lowest BCUT2D eigenvalue weighted by Crippen LogP contribution is -2.25. The van der Waals surface area contributed by atoms with Crippen LogP contribution < -0.4 is 5.73 Å². The third-order valence-electron chi connectivity index (χ3n) is 3.01. The van der Waals surface area contributed by atoms with Gasteiger partial charge in [0, 0.05) is 19.2 Å². The second kappa shape index (κ2) is 6.78. The predicted molar refractivity (Wildman–Crippen MR) is 81.6 cm³/mol. The van der Waals surface area contributed by atoms with E-state index >= 15 is 0 Å². The predicted octanol–water partition coefficient (Wildman–Crippen LogP) is 2.17. The van der Waals surface area contributed by atoms with Gasteiger partial charge in [0.2, 0.25) is 0 Å². The third-order valence-corrected chi connectivity index (χ3v) is 3.01. The Balaban J connectivity index is 2.08. The molecule has 108 valence electrons. The van der Waals surface area contributed by atoms with Crippen LogP contribution in [0.25, 0.3) is 0 Å². The molecule has 21 heavy (non-hydrogen) atoms. The van der Waals surface area contributed by atoms with E-state index in [4.69, 9.17) is 10.2 Å². The van der Waals surface area contributed by atoms with Gasteiger partial charge in [0.25, 0.3) is 5.91 Å². The Labute approximate surface area is 124 Å². The van der Waals surface area contributed by atoms with E-state index in [-0.39, 0.29) is 5.91 Å². The van der Waals surface area contributed by atoms with Crippen LogP contribution in [0.1, 0.15) is 27.2 Å². The van der Waals surface area contributed by atoms with Gasteiger partial charge >= 0.3 is 0 Å². The fourth-order valence-corrected chi connectivity index (χ4v) is 2.02. The van der Waals surface area contributed by atoms with E-state index in [1.54, 1.807) is 18.0 Å². The van der Waals surface area contributed by atoms with Crippen molar-refractivity contribution in [2.45, 2.75) is 13.5 Å². The van der Waals surface area contributed by atoms with Crippen LogP contribution in [0.15, 0.2) is 41.0 Å². The second-order valence-electron chi connectivity index (χ2n) is 4.81. The Bertz CT molecular complexity index is 692. The summed E-state index contributed by atoms with van der Waals surface area (Å²) in [5.74, 6) is 6.47. The Morgan fingerprint density at radius 1 is 1.38 bits per heavy atom. The molecule has 2 rings (SSSR count). The topological polar surface area (TPSA) is 59.5 Å². The number of amides is 1. The van der Waals surface area contributed by atoms with Crippen molar-refractivity contribution < 1.29 is 9.21 Å². The molecule has 1 heterocycles. The van der Waals surface area contributed by atoms with Crippen molar-refractivity contribution in [1.29, 1.82) is 0 Å². The Morgan fingerprint density at radius 2 is 2.19 bits per heavy atom. The van der Waals surface area contributed by atoms with Crippen molar-refractivity contribution >= 4 is 5.91 Å². The summed E-state index contributed by atoms with van der Waals surface area (Å²) < 4.78 is 5.17. The van der Waals surface area contributed by atoms with Crippen LogP contribution in [0.4, 0.5) is 0 Å². The molecule has 0 aliphatic rings. The first-order chi connectivity index (χ1) is 10.1. The van der Waals surface area contributed by atoms with Gasteiger partial charge in [-0.2, -0.15) is 0 Å². The van der Waals surface area contributed by atoms with Crippen LogP contribution in [-0.4, -0.2) is 24.4 Å². The van der Waals surface area contributed by atoms with E-state index in [0.29, 0.717) is 18.7 Å². The number of aryl methyl sites for hydroxylation is 1. The fraction of sp³-hybridized carbons (Fsp3) is 0.235. The normalized spacial score (nSPS) is 9.86. The maximum absolute atomic E-state index is 12.2. The molecular weight excluding hydrogens is 264 g/mol. The van der Waals surface area contributed by atoms with Crippen LogP contribution in [0.3, 0.4) is 0 Å². The first-order valence-electron chi connectivity index (χ1n) is 6.68. The number of carbonyl (C=O) groups is 1. The summed E-state index contributed by atoms with van der Waals surface area (Å²) in [5.41, 5.74) is 7.85. The zero-order valence-electron chi connectivity index (χ0n) is 12.2. The number of hydrogen-bond donors (Lipinski definition) is 1. The maximum atomic E-state index is 12.2. The summed E-state index contributed by atoms with van der Waals surface area (Å²) in [5, 5.41) is 0. The summed E-state index contributed by atoms with van der Waals surface area (Å²) in [6, 6.07) is 9.52. The van der Waals surface area contributed by atoms with Crippen LogP contribution in [-0.2, 0) is 6.54 Å². The van der Waals surface area contributed by atoms with Gasteiger partial charge in [-0.3, -0.25) is 4.79 Å². The Hall–Kier alpha value is -2.51. The molecule has 0 bridgehead atoms. The van der Waals surface area contributed by atoms with E-state index < -0.39 is 0 Å². The van der Waals surface area contributed by atoms with E-state index in [0.717, 1.165) is 16.9 Å². The molecule has 0 radical (unpaired) electrons. The number of furan rings is 1. The average molecular weight is 282 g/mol. The molecule has 0 aliphatic carbocycles. The molecule has 0 fully saturated rings. The van der Waals surface area contributed by atoms with E-state index in [1.807, 2.05) is 31.2 Å². The highest BCUT2D eigenvalue weighted by Crippen LogP contribution is 2.12. The van der Waals surface area contributed by atoms with Gasteiger partial charge < -0.3 is 15.1 Å². The fourth-order valence-electron chi connectivity index (χ4n) is 2.02. The van der Waals surface area contributed by atoms with Gasteiger partial charge in [0.05, 0.1) is 12.1 Å². The summed E-state index contributed by atoms with van der Waals surface area (Å²) in [7, 11) is 1.77. The Kier molecular flexibility index (Phi) is 4.81.